The number of benzene rings is 1. The van der Waals surface area contributed by atoms with E-state index in [0.29, 0.717) is 32.6 Å². The summed E-state index contributed by atoms with van der Waals surface area (Å²) in [7, 11) is -3.31. The van der Waals surface area contributed by atoms with Crippen LogP contribution in [0, 0.1) is 0 Å². The second-order valence-corrected chi connectivity index (χ2v) is 11.5. The van der Waals surface area contributed by atoms with E-state index >= 15 is 0 Å². The van der Waals surface area contributed by atoms with Crippen molar-refractivity contribution in [2.75, 3.05) is 38.5 Å². The van der Waals surface area contributed by atoms with Crippen LogP contribution in [0.5, 0.6) is 0 Å². The topological polar surface area (TPSA) is 69.7 Å². The van der Waals surface area contributed by atoms with Crippen LogP contribution >= 0.6 is 35.6 Å². The monoisotopic (exact) mass is 547 g/mol. The first-order valence-electron chi connectivity index (χ1n) is 10.8. The number of amides is 1. The molecule has 1 heterocycles. The molecule has 0 aromatic heterocycles. The van der Waals surface area contributed by atoms with Gasteiger partial charge in [0.2, 0.25) is 15.9 Å². The lowest BCUT2D eigenvalue weighted by Gasteiger charge is -2.50. The number of hydrogen-bond donors (Lipinski definition) is 1. The SMILES string of the molecule is CCCS(=O)(=O)N1CCN(C2(CNC(=O)c3c(Cl)cccc3Cl)CCC(F)(F)CC2)CC1.Cl. The third-order valence-electron chi connectivity index (χ3n) is 6.44. The van der Waals surface area contributed by atoms with Gasteiger partial charge in [0.1, 0.15) is 0 Å². The second kappa shape index (κ2) is 11.4. The molecule has 1 N–H and O–H groups in total. The number of alkyl halides is 2. The van der Waals surface area contributed by atoms with Gasteiger partial charge in [-0.05, 0) is 31.4 Å². The maximum atomic E-state index is 14.0. The summed E-state index contributed by atoms with van der Waals surface area (Å²) in [4.78, 5) is 14.9. The Hall–Kier alpha value is -0.710. The predicted octanol–water partition coefficient (Wildman–Crippen LogP) is 4.45. The molecule has 12 heteroatoms. The minimum Gasteiger partial charge on any atom is -0.350 e. The standard InChI is InChI=1S/C21H29Cl2F2N3O3S.ClH/c1-2-14-32(30,31)28-12-10-27(11-13-28)20(6-8-21(24,25)9-7-20)15-26-19(29)18-16(22)4-3-5-17(18)23;/h3-5H,2,6-15H2,1H3,(H,26,29);1H. The molecule has 1 amide bonds. The minimum atomic E-state index is -3.31. The van der Waals surface area contributed by atoms with Gasteiger partial charge in [0, 0.05) is 51.1 Å². The highest BCUT2D eigenvalue weighted by atomic mass is 35.5. The van der Waals surface area contributed by atoms with E-state index in [1.165, 1.54) is 4.31 Å². The molecule has 1 saturated carbocycles. The smallest absolute Gasteiger partial charge is 0.254 e. The van der Waals surface area contributed by atoms with E-state index in [4.69, 9.17) is 23.2 Å². The lowest BCUT2D eigenvalue weighted by molar-refractivity contribution is -0.0856. The molecule has 2 aliphatic rings. The van der Waals surface area contributed by atoms with Gasteiger partial charge in [-0.15, -0.1) is 12.4 Å². The molecule has 0 unspecified atom stereocenters. The molecular formula is C21H30Cl3F2N3O3S. The minimum absolute atomic E-state index is 0. The van der Waals surface area contributed by atoms with Crippen LogP contribution in [0.15, 0.2) is 18.2 Å². The van der Waals surface area contributed by atoms with Crippen LogP contribution in [0.2, 0.25) is 10.0 Å². The van der Waals surface area contributed by atoms with Crippen LogP contribution in [0.25, 0.3) is 0 Å². The summed E-state index contributed by atoms with van der Waals surface area (Å²) in [5.41, 5.74) is -0.520. The zero-order chi connectivity index (χ0) is 23.6. The number of sulfonamides is 1. The molecule has 0 radical (unpaired) electrons. The summed E-state index contributed by atoms with van der Waals surface area (Å²) in [6.07, 6.45) is 0.406. The molecule has 33 heavy (non-hydrogen) atoms. The van der Waals surface area contributed by atoms with Gasteiger partial charge in [0.15, 0.2) is 0 Å². The average molecular weight is 549 g/mol. The first-order chi connectivity index (χ1) is 15.0. The molecule has 0 bridgehead atoms. The van der Waals surface area contributed by atoms with Crippen LogP contribution < -0.4 is 5.32 Å². The van der Waals surface area contributed by atoms with Crippen molar-refractivity contribution in [1.82, 2.24) is 14.5 Å². The largest absolute Gasteiger partial charge is 0.350 e. The number of carbonyl (C=O) groups excluding carboxylic acids is 1. The van der Waals surface area contributed by atoms with Gasteiger partial charge < -0.3 is 5.32 Å². The van der Waals surface area contributed by atoms with Crippen molar-refractivity contribution in [2.24, 2.45) is 0 Å². The number of nitrogens with one attached hydrogen (secondary N) is 1. The fraction of sp³-hybridized carbons (Fsp3) is 0.667. The Balaban J connectivity index is 0.00000385. The second-order valence-electron chi connectivity index (χ2n) is 8.56. The number of carbonyl (C=O) groups is 1. The number of hydrogen-bond acceptors (Lipinski definition) is 4. The van der Waals surface area contributed by atoms with E-state index in [0.717, 1.165) is 0 Å². The Bertz CT molecular complexity index is 912. The van der Waals surface area contributed by atoms with E-state index in [1.807, 2.05) is 6.92 Å². The zero-order valence-corrected chi connectivity index (χ0v) is 21.6. The third kappa shape index (κ3) is 6.70. The van der Waals surface area contributed by atoms with Crippen molar-refractivity contribution >= 4 is 51.5 Å². The van der Waals surface area contributed by atoms with Crippen LogP contribution in [0.1, 0.15) is 49.4 Å². The number of piperazine rings is 1. The average Bonchev–Trinajstić information content (AvgIpc) is 2.73. The summed E-state index contributed by atoms with van der Waals surface area (Å²) >= 11 is 12.3. The fourth-order valence-electron chi connectivity index (χ4n) is 4.56. The third-order valence-corrected chi connectivity index (χ3v) is 9.15. The fourth-order valence-corrected chi connectivity index (χ4v) is 6.62. The molecule has 2 fully saturated rings. The molecule has 0 spiro atoms. The summed E-state index contributed by atoms with van der Waals surface area (Å²) in [5.74, 6) is -3.09. The molecule has 1 aromatic carbocycles. The van der Waals surface area contributed by atoms with Crippen LogP contribution in [-0.2, 0) is 10.0 Å². The van der Waals surface area contributed by atoms with Crippen molar-refractivity contribution in [3.8, 4) is 0 Å². The van der Waals surface area contributed by atoms with Crippen LogP contribution in [-0.4, -0.2) is 73.5 Å². The number of halogens is 5. The van der Waals surface area contributed by atoms with Gasteiger partial charge in [-0.2, -0.15) is 4.31 Å². The Morgan fingerprint density at radius 2 is 1.61 bits per heavy atom. The van der Waals surface area contributed by atoms with Crippen molar-refractivity contribution < 1.29 is 22.0 Å². The molecule has 0 atom stereocenters. The van der Waals surface area contributed by atoms with E-state index in [2.05, 4.69) is 10.2 Å². The van der Waals surface area contributed by atoms with Crippen LogP contribution in [0.4, 0.5) is 8.78 Å². The van der Waals surface area contributed by atoms with Crippen molar-refractivity contribution in [2.45, 2.75) is 50.5 Å². The van der Waals surface area contributed by atoms with E-state index in [1.54, 1.807) is 18.2 Å². The van der Waals surface area contributed by atoms with E-state index < -0.39 is 27.4 Å². The maximum absolute atomic E-state index is 14.0. The Kier molecular flexibility index (Phi) is 9.81. The number of rotatable bonds is 7. The van der Waals surface area contributed by atoms with E-state index in [-0.39, 0.29) is 66.0 Å². The van der Waals surface area contributed by atoms with Gasteiger partial charge >= 0.3 is 0 Å². The highest BCUT2D eigenvalue weighted by molar-refractivity contribution is 7.89. The zero-order valence-electron chi connectivity index (χ0n) is 18.5. The lowest BCUT2D eigenvalue weighted by atomic mass is 9.78. The van der Waals surface area contributed by atoms with Crippen LogP contribution in [0.3, 0.4) is 0 Å². The molecule has 3 rings (SSSR count). The first kappa shape index (κ1) is 28.5. The predicted molar refractivity (Wildman–Crippen MR) is 129 cm³/mol. The van der Waals surface area contributed by atoms with E-state index in [9.17, 15) is 22.0 Å². The quantitative estimate of drug-likeness (QED) is 0.547. The summed E-state index contributed by atoms with van der Waals surface area (Å²) in [5, 5.41) is 3.28. The summed E-state index contributed by atoms with van der Waals surface area (Å²) in [6.45, 7) is 3.45. The van der Waals surface area contributed by atoms with Crippen molar-refractivity contribution in [3.05, 3.63) is 33.8 Å². The first-order valence-corrected chi connectivity index (χ1v) is 13.2. The molecule has 1 aliphatic carbocycles. The highest BCUT2D eigenvalue weighted by Crippen LogP contribution is 2.42. The Labute approximate surface area is 210 Å². The van der Waals surface area contributed by atoms with Crippen molar-refractivity contribution in [1.29, 1.82) is 0 Å². The van der Waals surface area contributed by atoms with Gasteiger partial charge in [0.25, 0.3) is 5.91 Å². The normalized spacial score (nSPS) is 21.2. The molecule has 1 aromatic rings. The van der Waals surface area contributed by atoms with Gasteiger partial charge in [0.05, 0.1) is 21.4 Å². The molecule has 1 aliphatic heterocycles. The lowest BCUT2D eigenvalue weighted by Crippen LogP contribution is -2.63. The maximum Gasteiger partial charge on any atom is 0.254 e. The van der Waals surface area contributed by atoms with Crippen molar-refractivity contribution in [3.63, 3.8) is 0 Å². The number of nitrogens with zero attached hydrogens (tertiary/aromatic N) is 2. The molecular weight excluding hydrogens is 519 g/mol. The summed E-state index contributed by atoms with van der Waals surface area (Å²) < 4.78 is 54.2. The summed E-state index contributed by atoms with van der Waals surface area (Å²) in [6, 6.07) is 4.77. The highest BCUT2D eigenvalue weighted by Gasteiger charge is 2.47. The van der Waals surface area contributed by atoms with Gasteiger partial charge in [-0.3, -0.25) is 9.69 Å². The van der Waals surface area contributed by atoms with Gasteiger partial charge in [-0.1, -0.05) is 36.2 Å². The Morgan fingerprint density at radius 3 is 2.12 bits per heavy atom. The molecule has 6 nitrogen and oxygen atoms in total. The van der Waals surface area contributed by atoms with Gasteiger partial charge in [-0.25, -0.2) is 17.2 Å². The molecule has 1 saturated heterocycles. The molecule has 188 valence electrons. The Morgan fingerprint density at radius 1 is 1.06 bits per heavy atom.